The predicted molar refractivity (Wildman–Crippen MR) is 63.7 cm³/mol. The summed E-state index contributed by atoms with van der Waals surface area (Å²) in [7, 11) is 1.97. The molecule has 2 heteroatoms. The van der Waals surface area contributed by atoms with Crippen molar-refractivity contribution in [3.05, 3.63) is 0 Å². The minimum absolute atomic E-state index is 0.272. The monoisotopic (exact) mass is 211 g/mol. The van der Waals surface area contributed by atoms with Crippen LogP contribution in [0.25, 0.3) is 0 Å². The molecule has 1 aliphatic rings. The molecule has 0 heterocycles. The summed E-state index contributed by atoms with van der Waals surface area (Å²) in [5.41, 5.74) is 0. The molecule has 0 radical (unpaired) electrons. The second-order valence-electron chi connectivity index (χ2n) is 4.91. The Morgan fingerprint density at radius 3 is 2.53 bits per heavy atom. The lowest BCUT2D eigenvalue weighted by Gasteiger charge is -2.22. The van der Waals surface area contributed by atoms with Gasteiger partial charge in [0.05, 0.1) is 0 Å². The van der Waals surface area contributed by atoms with Crippen LogP contribution in [0.5, 0.6) is 0 Å². The van der Waals surface area contributed by atoms with Crippen molar-refractivity contribution in [2.75, 3.05) is 13.6 Å². The maximum absolute atomic E-state index is 12.1. The fourth-order valence-electron chi connectivity index (χ4n) is 2.04. The number of carbonyl (C=O) groups is 1. The molecule has 0 N–H and O–H groups in total. The largest absolute Gasteiger partial charge is 0.345 e. The predicted octanol–water partition coefficient (Wildman–Crippen LogP) is 3.07. The SMILES string of the molecule is CCCCC(CC)C(=O)N(C)CC1CC1. The molecule has 1 unspecified atom stereocenters. The number of rotatable bonds is 7. The Labute approximate surface area is 94.0 Å². The van der Waals surface area contributed by atoms with E-state index in [1.54, 1.807) is 0 Å². The topological polar surface area (TPSA) is 20.3 Å². The lowest BCUT2D eigenvalue weighted by molar-refractivity contribution is -0.134. The third kappa shape index (κ3) is 4.23. The molecule has 0 saturated heterocycles. The van der Waals surface area contributed by atoms with Gasteiger partial charge in [-0.3, -0.25) is 4.79 Å². The van der Waals surface area contributed by atoms with E-state index in [1.807, 2.05) is 11.9 Å². The van der Waals surface area contributed by atoms with E-state index in [-0.39, 0.29) is 5.92 Å². The first kappa shape index (κ1) is 12.5. The second-order valence-corrected chi connectivity index (χ2v) is 4.91. The van der Waals surface area contributed by atoms with Crippen LogP contribution in [0.4, 0.5) is 0 Å². The summed E-state index contributed by atoms with van der Waals surface area (Å²) in [6.07, 6.45) is 7.08. The van der Waals surface area contributed by atoms with Crippen molar-refractivity contribution in [1.82, 2.24) is 4.90 Å². The van der Waals surface area contributed by atoms with E-state index in [9.17, 15) is 4.79 Å². The van der Waals surface area contributed by atoms with Crippen molar-refractivity contribution in [3.8, 4) is 0 Å². The van der Waals surface area contributed by atoms with Crippen LogP contribution in [0.1, 0.15) is 52.4 Å². The maximum atomic E-state index is 12.1. The highest BCUT2D eigenvalue weighted by Crippen LogP contribution is 2.30. The molecule has 0 spiro atoms. The molecule has 1 saturated carbocycles. The third-order valence-corrected chi connectivity index (χ3v) is 3.35. The van der Waals surface area contributed by atoms with E-state index in [1.165, 1.54) is 25.7 Å². The lowest BCUT2D eigenvalue weighted by atomic mass is 9.98. The fourth-order valence-corrected chi connectivity index (χ4v) is 2.04. The van der Waals surface area contributed by atoms with E-state index in [0.717, 1.165) is 25.3 Å². The van der Waals surface area contributed by atoms with Crippen LogP contribution in [0.15, 0.2) is 0 Å². The molecule has 0 aromatic carbocycles. The molecule has 1 rings (SSSR count). The summed E-state index contributed by atoms with van der Waals surface area (Å²) in [5, 5.41) is 0. The summed E-state index contributed by atoms with van der Waals surface area (Å²) in [5.74, 6) is 1.45. The van der Waals surface area contributed by atoms with Crippen LogP contribution in [0.2, 0.25) is 0 Å². The quantitative estimate of drug-likeness (QED) is 0.633. The summed E-state index contributed by atoms with van der Waals surface area (Å²) in [6.45, 7) is 5.30. The van der Waals surface area contributed by atoms with E-state index in [0.29, 0.717) is 5.91 Å². The number of hydrogen-bond donors (Lipinski definition) is 0. The zero-order valence-electron chi connectivity index (χ0n) is 10.5. The van der Waals surface area contributed by atoms with Gasteiger partial charge in [0.2, 0.25) is 5.91 Å². The molecular weight excluding hydrogens is 186 g/mol. The molecule has 2 nitrogen and oxygen atoms in total. The average Bonchev–Trinajstić information content (AvgIpc) is 3.02. The van der Waals surface area contributed by atoms with Gasteiger partial charge in [-0.05, 0) is 31.6 Å². The Morgan fingerprint density at radius 2 is 2.07 bits per heavy atom. The van der Waals surface area contributed by atoms with E-state index in [4.69, 9.17) is 0 Å². The van der Waals surface area contributed by atoms with Gasteiger partial charge in [0.25, 0.3) is 0 Å². The highest BCUT2D eigenvalue weighted by atomic mass is 16.2. The normalized spacial score (nSPS) is 17.5. The van der Waals surface area contributed by atoms with Crippen molar-refractivity contribution in [1.29, 1.82) is 0 Å². The van der Waals surface area contributed by atoms with Gasteiger partial charge in [-0.25, -0.2) is 0 Å². The van der Waals surface area contributed by atoms with Crippen LogP contribution in [0, 0.1) is 11.8 Å². The molecule has 0 bridgehead atoms. The van der Waals surface area contributed by atoms with Crippen molar-refractivity contribution >= 4 is 5.91 Å². The number of hydrogen-bond acceptors (Lipinski definition) is 1. The highest BCUT2D eigenvalue weighted by molar-refractivity contribution is 5.78. The third-order valence-electron chi connectivity index (χ3n) is 3.35. The fraction of sp³-hybridized carbons (Fsp3) is 0.923. The van der Waals surface area contributed by atoms with E-state index >= 15 is 0 Å². The molecule has 1 atom stereocenters. The van der Waals surface area contributed by atoms with Gasteiger partial charge in [-0.15, -0.1) is 0 Å². The Balaban J connectivity index is 2.32. The van der Waals surface area contributed by atoms with Crippen LogP contribution in [-0.2, 0) is 4.79 Å². The lowest BCUT2D eigenvalue weighted by Crippen LogP contribution is -2.34. The first-order chi connectivity index (χ1) is 7.19. The summed E-state index contributed by atoms with van der Waals surface area (Å²) < 4.78 is 0. The maximum Gasteiger partial charge on any atom is 0.225 e. The second kappa shape index (κ2) is 6.14. The number of amides is 1. The minimum Gasteiger partial charge on any atom is -0.345 e. The van der Waals surface area contributed by atoms with Gasteiger partial charge in [0, 0.05) is 19.5 Å². The van der Waals surface area contributed by atoms with Crippen molar-refractivity contribution < 1.29 is 4.79 Å². The van der Waals surface area contributed by atoms with Gasteiger partial charge < -0.3 is 4.90 Å². The summed E-state index contributed by atoms with van der Waals surface area (Å²) in [6, 6.07) is 0. The Hall–Kier alpha value is -0.530. The smallest absolute Gasteiger partial charge is 0.225 e. The van der Waals surface area contributed by atoms with Gasteiger partial charge in [-0.1, -0.05) is 26.7 Å². The first-order valence-corrected chi connectivity index (χ1v) is 6.44. The standard InChI is InChI=1S/C13H25NO/c1-4-6-7-12(5-2)13(15)14(3)10-11-8-9-11/h11-12H,4-10H2,1-3H3. The highest BCUT2D eigenvalue weighted by Gasteiger charge is 2.27. The number of unbranched alkanes of at least 4 members (excludes halogenated alkanes) is 1. The Morgan fingerprint density at radius 1 is 1.40 bits per heavy atom. The molecule has 15 heavy (non-hydrogen) atoms. The van der Waals surface area contributed by atoms with E-state index in [2.05, 4.69) is 13.8 Å². The summed E-state index contributed by atoms with van der Waals surface area (Å²) in [4.78, 5) is 14.0. The average molecular weight is 211 g/mol. The van der Waals surface area contributed by atoms with Crippen LogP contribution >= 0.6 is 0 Å². The van der Waals surface area contributed by atoms with Gasteiger partial charge in [0.1, 0.15) is 0 Å². The zero-order chi connectivity index (χ0) is 11.3. The minimum atomic E-state index is 0.272. The Kier molecular flexibility index (Phi) is 5.13. The van der Waals surface area contributed by atoms with Crippen molar-refractivity contribution in [2.45, 2.75) is 52.4 Å². The molecule has 88 valence electrons. The molecule has 0 aromatic rings. The zero-order valence-corrected chi connectivity index (χ0v) is 10.5. The van der Waals surface area contributed by atoms with Gasteiger partial charge >= 0.3 is 0 Å². The van der Waals surface area contributed by atoms with Crippen molar-refractivity contribution in [2.24, 2.45) is 11.8 Å². The van der Waals surface area contributed by atoms with Gasteiger partial charge in [0.15, 0.2) is 0 Å². The van der Waals surface area contributed by atoms with Gasteiger partial charge in [-0.2, -0.15) is 0 Å². The van der Waals surface area contributed by atoms with E-state index < -0.39 is 0 Å². The van der Waals surface area contributed by atoms with Crippen LogP contribution in [0.3, 0.4) is 0 Å². The molecule has 0 aliphatic heterocycles. The molecular formula is C13H25NO. The van der Waals surface area contributed by atoms with Crippen molar-refractivity contribution in [3.63, 3.8) is 0 Å². The molecule has 0 aromatic heterocycles. The molecule has 1 aliphatic carbocycles. The molecule has 1 amide bonds. The number of nitrogens with zero attached hydrogens (tertiary/aromatic N) is 1. The van der Waals surface area contributed by atoms with Crippen LogP contribution in [-0.4, -0.2) is 24.4 Å². The first-order valence-electron chi connectivity index (χ1n) is 6.44. The Bertz CT molecular complexity index is 199. The number of carbonyl (C=O) groups excluding carboxylic acids is 1. The van der Waals surface area contributed by atoms with Crippen LogP contribution < -0.4 is 0 Å². The summed E-state index contributed by atoms with van der Waals surface area (Å²) >= 11 is 0. The molecule has 1 fully saturated rings.